The van der Waals surface area contributed by atoms with Crippen molar-refractivity contribution >= 4 is 51.1 Å². The molecule has 1 amide bonds. The fraction of sp³-hybridized carbons (Fsp3) is 0.0526. The second-order valence-electron chi connectivity index (χ2n) is 5.82. The maximum absolute atomic E-state index is 12.4. The second-order valence-corrected chi connectivity index (χ2v) is 7.47. The lowest BCUT2D eigenvalue weighted by Gasteiger charge is -2.07. The Morgan fingerprint density at radius 1 is 1.15 bits per heavy atom. The molecule has 0 saturated carbocycles. The molecule has 0 unspecified atom stereocenters. The van der Waals surface area contributed by atoms with Crippen molar-refractivity contribution in [1.82, 2.24) is 9.38 Å². The van der Waals surface area contributed by atoms with Crippen LogP contribution in [0.5, 0.6) is 0 Å². The van der Waals surface area contributed by atoms with Gasteiger partial charge in [0.2, 0.25) is 0 Å². The van der Waals surface area contributed by atoms with Gasteiger partial charge in [0.25, 0.3) is 5.91 Å². The molecule has 7 heteroatoms. The minimum Gasteiger partial charge on any atom is -0.322 e. The van der Waals surface area contributed by atoms with Crippen molar-refractivity contribution in [3.8, 4) is 11.3 Å². The van der Waals surface area contributed by atoms with E-state index in [0.717, 1.165) is 21.9 Å². The summed E-state index contributed by atoms with van der Waals surface area (Å²) in [4.78, 5) is 18.0. The Labute approximate surface area is 164 Å². The van der Waals surface area contributed by atoms with E-state index in [4.69, 9.17) is 23.2 Å². The van der Waals surface area contributed by atoms with Crippen molar-refractivity contribution < 1.29 is 4.79 Å². The summed E-state index contributed by atoms with van der Waals surface area (Å²) < 4.78 is 2.06. The number of rotatable bonds is 3. The molecule has 4 aromatic rings. The van der Waals surface area contributed by atoms with Gasteiger partial charge in [-0.3, -0.25) is 9.20 Å². The second kappa shape index (κ2) is 6.76. The van der Waals surface area contributed by atoms with Gasteiger partial charge in [-0.15, -0.1) is 11.3 Å². The van der Waals surface area contributed by atoms with Crippen LogP contribution < -0.4 is 5.32 Å². The number of anilines is 1. The Hall–Kier alpha value is -2.34. The number of nitrogens with zero attached hydrogens (tertiary/aromatic N) is 2. The highest BCUT2D eigenvalue weighted by Gasteiger charge is 2.11. The molecule has 0 spiro atoms. The lowest BCUT2D eigenvalue weighted by molar-refractivity contribution is 0.102. The van der Waals surface area contributed by atoms with Gasteiger partial charge in [-0.1, -0.05) is 35.3 Å². The van der Waals surface area contributed by atoms with Crippen molar-refractivity contribution in [3.63, 3.8) is 0 Å². The third-order valence-electron chi connectivity index (χ3n) is 3.99. The van der Waals surface area contributed by atoms with Gasteiger partial charge in [0.1, 0.15) is 0 Å². The van der Waals surface area contributed by atoms with E-state index in [1.54, 1.807) is 29.5 Å². The van der Waals surface area contributed by atoms with E-state index >= 15 is 0 Å². The van der Waals surface area contributed by atoms with Crippen LogP contribution in [-0.4, -0.2) is 15.3 Å². The maximum atomic E-state index is 12.4. The molecule has 1 N–H and O–H groups in total. The van der Waals surface area contributed by atoms with Crippen molar-refractivity contribution in [1.29, 1.82) is 0 Å². The molecule has 4 nitrogen and oxygen atoms in total. The molecule has 0 radical (unpaired) electrons. The number of aryl methyl sites for hydroxylation is 1. The summed E-state index contributed by atoms with van der Waals surface area (Å²) in [5, 5.41) is 5.72. The van der Waals surface area contributed by atoms with Crippen LogP contribution in [0, 0.1) is 6.92 Å². The number of imidazole rings is 1. The van der Waals surface area contributed by atoms with Crippen molar-refractivity contribution in [3.05, 3.63) is 75.3 Å². The number of carbonyl (C=O) groups is 1. The van der Waals surface area contributed by atoms with Gasteiger partial charge in [-0.2, -0.15) is 0 Å². The number of hydrogen-bond acceptors (Lipinski definition) is 3. The topological polar surface area (TPSA) is 46.4 Å². The van der Waals surface area contributed by atoms with Crippen LogP contribution in [0.15, 0.2) is 54.0 Å². The summed E-state index contributed by atoms with van der Waals surface area (Å²) in [5.74, 6) is -0.248. The molecular formula is C19H13Cl2N3OS. The molecule has 0 aliphatic heterocycles. The lowest BCUT2D eigenvalue weighted by atomic mass is 10.1. The van der Waals surface area contributed by atoms with E-state index in [1.807, 2.05) is 37.4 Å². The van der Waals surface area contributed by atoms with E-state index < -0.39 is 0 Å². The van der Waals surface area contributed by atoms with Gasteiger partial charge in [-0.25, -0.2) is 4.98 Å². The Balaban J connectivity index is 1.60. The largest absolute Gasteiger partial charge is 0.322 e. The van der Waals surface area contributed by atoms with E-state index in [2.05, 4.69) is 20.1 Å². The SMILES string of the molecule is Cc1csc2nc(-c3cccc(NC(=O)c4ccc(Cl)c(Cl)c4)c3)cn12. The molecule has 0 aliphatic carbocycles. The maximum Gasteiger partial charge on any atom is 0.255 e. The van der Waals surface area contributed by atoms with Gasteiger partial charge < -0.3 is 5.32 Å². The molecular weight excluding hydrogens is 389 g/mol. The number of aromatic nitrogens is 2. The molecule has 0 atom stereocenters. The Morgan fingerprint density at radius 2 is 2.00 bits per heavy atom. The average Bonchev–Trinajstić information content (AvgIpc) is 3.20. The third-order valence-corrected chi connectivity index (χ3v) is 5.68. The number of hydrogen-bond donors (Lipinski definition) is 1. The molecule has 0 fully saturated rings. The van der Waals surface area contributed by atoms with E-state index in [9.17, 15) is 4.79 Å². The number of carbonyl (C=O) groups excluding carboxylic acids is 1. The quantitative estimate of drug-likeness (QED) is 0.462. The van der Waals surface area contributed by atoms with Gasteiger partial charge in [0, 0.05) is 34.1 Å². The van der Waals surface area contributed by atoms with Crippen LogP contribution >= 0.6 is 34.5 Å². The molecule has 4 rings (SSSR count). The van der Waals surface area contributed by atoms with Crippen molar-refractivity contribution in [2.75, 3.05) is 5.32 Å². The fourth-order valence-corrected chi connectivity index (χ4v) is 3.78. The monoisotopic (exact) mass is 401 g/mol. The standard InChI is InChI=1S/C19H13Cl2N3OS/c1-11-10-26-19-23-17(9-24(11)19)12-3-2-4-14(7-12)22-18(25)13-5-6-15(20)16(21)8-13/h2-10H,1H3,(H,22,25). The Bertz CT molecular complexity index is 1130. The number of amides is 1. The summed E-state index contributed by atoms with van der Waals surface area (Å²) in [5.41, 5.74) is 4.08. The first-order valence-electron chi connectivity index (χ1n) is 7.81. The lowest BCUT2D eigenvalue weighted by Crippen LogP contribution is -2.11. The van der Waals surface area contributed by atoms with Crippen LogP contribution in [0.2, 0.25) is 10.0 Å². The zero-order valence-corrected chi connectivity index (χ0v) is 16.0. The van der Waals surface area contributed by atoms with Gasteiger partial charge in [-0.05, 0) is 37.3 Å². The number of halogens is 2. The highest BCUT2D eigenvalue weighted by molar-refractivity contribution is 7.15. The van der Waals surface area contributed by atoms with E-state index in [1.165, 1.54) is 0 Å². The highest BCUT2D eigenvalue weighted by atomic mass is 35.5. The summed E-state index contributed by atoms with van der Waals surface area (Å²) in [6.07, 6.45) is 2.00. The predicted molar refractivity (Wildman–Crippen MR) is 108 cm³/mol. The van der Waals surface area contributed by atoms with Gasteiger partial charge in [0.05, 0.1) is 15.7 Å². The highest BCUT2D eigenvalue weighted by Crippen LogP contribution is 2.26. The first-order chi connectivity index (χ1) is 12.5. The van der Waals surface area contributed by atoms with Crippen LogP contribution in [0.3, 0.4) is 0 Å². The smallest absolute Gasteiger partial charge is 0.255 e. The molecule has 0 saturated heterocycles. The predicted octanol–water partition coefficient (Wildman–Crippen LogP) is 5.93. The minimum absolute atomic E-state index is 0.248. The van der Waals surface area contributed by atoms with Crippen LogP contribution in [0.25, 0.3) is 16.2 Å². The zero-order valence-electron chi connectivity index (χ0n) is 13.7. The van der Waals surface area contributed by atoms with E-state index in [0.29, 0.717) is 21.3 Å². The Morgan fingerprint density at radius 3 is 2.77 bits per heavy atom. The number of fused-ring (bicyclic) bond motifs is 1. The minimum atomic E-state index is -0.248. The summed E-state index contributed by atoms with van der Waals surface area (Å²) in [6.45, 7) is 2.04. The molecule has 130 valence electrons. The normalized spacial score (nSPS) is 11.0. The van der Waals surface area contributed by atoms with Crippen LogP contribution in [0.1, 0.15) is 16.1 Å². The number of nitrogens with one attached hydrogen (secondary N) is 1. The van der Waals surface area contributed by atoms with Gasteiger partial charge in [0.15, 0.2) is 4.96 Å². The molecule has 2 aromatic heterocycles. The van der Waals surface area contributed by atoms with E-state index in [-0.39, 0.29) is 5.91 Å². The zero-order chi connectivity index (χ0) is 18.3. The number of benzene rings is 2. The molecule has 0 bridgehead atoms. The number of thiazole rings is 1. The summed E-state index contributed by atoms with van der Waals surface area (Å²) in [7, 11) is 0. The third kappa shape index (κ3) is 3.21. The molecule has 0 aliphatic rings. The summed E-state index contributed by atoms with van der Waals surface area (Å²) >= 11 is 13.5. The fourth-order valence-electron chi connectivity index (χ4n) is 2.63. The van der Waals surface area contributed by atoms with Gasteiger partial charge >= 0.3 is 0 Å². The molecule has 2 aromatic carbocycles. The summed E-state index contributed by atoms with van der Waals surface area (Å²) in [6, 6.07) is 12.4. The van der Waals surface area contributed by atoms with Crippen LogP contribution in [-0.2, 0) is 0 Å². The molecule has 26 heavy (non-hydrogen) atoms. The van der Waals surface area contributed by atoms with Crippen molar-refractivity contribution in [2.24, 2.45) is 0 Å². The first-order valence-corrected chi connectivity index (χ1v) is 9.45. The van der Waals surface area contributed by atoms with Crippen LogP contribution in [0.4, 0.5) is 5.69 Å². The average molecular weight is 402 g/mol. The first kappa shape index (κ1) is 17.1. The molecule has 2 heterocycles. The van der Waals surface area contributed by atoms with Crippen molar-refractivity contribution in [2.45, 2.75) is 6.92 Å². The Kier molecular flexibility index (Phi) is 4.44.